The first-order valence-electron chi connectivity index (χ1n) is 7.94. The Hall–Kier alpha value is -2.71. The second kappa shape index (κ2) is 7.67. The molecule has 0 aliphatic carbocycles. The summed E-state index contributed by atoms with van der Waals surface area (Å²) in [5, 5.41) is 20.6. The second-order valence-corrected chi connectivity index (χ2v) is 7.72. The van der Waals surface area contributed by atoms with Gasteiger partial charge >= 0.3 is 0 Å². The molecule has 1 N–H and O–H groups in total. The lowest BCUT2D eigenvalue weighted by atomic mass is 10.1. The van der Waals surface area contributed by atoms with E-state index in [1.165, 1.54) is 23.1 Å². The molecule has 2 heterocycles. The number of para-hydroxylation sites is 1. The van der Waals surface area contributed by atoms with Crippen LogP contribution >= 0.6 is 23.1 Å². The third-order valence-corrected chi connectivity index (χ3v) is 5.44. The van der Waals surface area contributed by atoms with Gasteiger partial charge in [-0.05, 0) is 31.2 Å². The molecular weight excluding hydrogens is 366 g/mol. The van der Waals surface area contributed by atoms with Gasteiger partial charge in [-0.15, -0.1) is 20.4 Å². The normalized spacial score (nSPS) is 10.8. The highest BCUT2D eigenvalue weighted by Gasteiger charge is 2.11. The SMILES string of the molecule is Cc1cccc(-c2nnc(CSc3nnc(Nc4ccccc4)s3)o2)c1. The molecule has 0 aliphatic heterocycles. The highest BCUT2D eigenvalue weighted by Crippen LogP contribution is 2.30. The lowest BCUT2D eigenvalue weighted by Crippen LogP contribution is -1.87. The zero-order chi connectivity index (χ0) is 17.8. The van der Waals surface area contributed by atoms with Crippen LogP contribution in [-0.2, 0) is 5.75 Å². The number of hydrogen-bond donors (Lipinski definition) is 1. The number of rotatable bonds is 6. The average molecular weight is 381 g/mol. The molecule has 0 saturated heterocycles. The Morgan fingerprint density at radius 2 is 1.88 bits per heavy atom. The summed E-state index contributed by atoms with van der Waals surface area (Å²) >= 11 is 3.02. The third kappa shape index (κ3) is 4.09. The molecule has 130 valence electrons. The number of hydrogen-bond acceptors (Lipinski definition) is 8. The number of anilines is 2. The molecule has 0 aliphatic rings. The van der Waals surface area contributed by atoms with Crippen molar-refractivity contribution >= 4 is 33.9 Å². The smallest absolute Gasteiger partial charge is 0.247 e. The minimum absolute atomic E-state index is 0.535. The predicted octanol–water partition coefficient (Wildman–Crippen LogP) is 4.93. The van der Waals surface area contributed by atoms with Crippen LogP contribution in [0.2, 0.25) is 0 Å². The average Bonchev–Trinajstić information content (AvgIpc) is 3.30. The summed E-state index contributed by atoms with van der Waals surface area (Å²) in [6.45, 7) is 2.03. The minimum Gasteiger partial charge on any atom is -0.420 e. The van der Waals surface area contributed by atoms with E-state index in [4.69, 9.17) is 4.42 Å². The van der Waals surface area contributed by atoms with E-state index < -0.39 is 0 Å². The number of nitrogens with zero attached hydrogens (tertiary/aromatic N) is 4. The van der Waals surface area contributed by atoms with Gasteiger partial charge in [-0.3, -0.25) is 0 Å². The molecule has 0 unspecified atom stereocenters. The topological polar surface area (TPSA) is 76.7 Å². The maximum absolute atomic E-state index is 5.75. The van der Waals surface area contributed by atoms with Crippen LogP contribution in [0.4, 0.5) is 10.8 Å². The fourth-order valence-electron chi connectivity index (χ4n) is 2.29. The molecule has 2 aromatic carbocycles. The summed E-state index contributed by atoms with van der Waals surface area (Å²) < 4.78 is 6.59. The van der Waals surface area contributed by atoms with Crippen LogP contribution in [0, 0.1) is 6.92 Å². The van der Waals surface area contributed by atoms with Crippen molar-refractivity contribution in [3.63, 3.8) is 0 Å². The maximum atomic E-state index is 5.75. The molecule has 0 bridgehead atoms. The number of nitrogens with one attached hydrogen (secondary N) is 1. The van der Waals surface area contributed by atoms with E-state index in [-0.39, 0.29) is 0 Å². The summed E-state index contributed by atoms with van der Waals surface area (Å²) in [5.74, 6) is 1.66. The Kier molecular flexibility index (Phi) is 4.94. The van der Waals surface area contributed by atoms with Crippen molar-refractivity contribution in [2.45, 2.75) is 17.0 Å². The molecule has 0 radical (unpaired) electrons. The Morgan fingerprint density at radius 3 is 2.73 bits per heavy atom. The van der Waals surface area contributed by atoms with E-state index >= 15 is 0 Å². The van der Waals surface area contributed by atoms with Gasteiger partial charge in [0.15, 0.2) is 4.34 Å². The van der Waals surface area contributed by atoms with E-state index in [1.807, 2.05) is 61.5 Å². The van der Waals surface area contributed by atoms with Gasteiger partial charge in [0.2, 0.25) is 16.9 Å². The largest absolute Gasteiger partial charge is 0.420 e. The van der Waals surface area contributed by atoms with Crippen LogP contribution in [0.5, 0.6) is 0 Å². The second-order valence-electron chi connectivity index (χ2n) is 5.52. The van der Waals surface area contributed by atoms with E-state index in [0.717, 1.165) is 26.3 Å². The Labute approximate surface area is 158 Å². The molecule has 0 atom stereocenters. The van der Waals surface area contributed by atoms with Crippen LogP contribution in [0.1, 0.15) is 11.5 Å². The summed E-state index contributed by atoms with van der Waals surface area (Å²) in [5.41, 5.74) is 3.07. The highest BCUT2D eigenvalue weighted by molar-refractivity contribution is 8.00. The van der Waals surface area contributed by atoms with Crippen LogP contribution in [-0.4, -0.2) is 20.4 Å². The van der Waals surface area contributed by atoms with Gasteiger partial charge in [-0.1, -0.05) is 59.0 Å². The summed E-state index contributed by atoms with van der Waals surface area (Å²) in [7, 11) is 0. The van der Waals surface area contributed by atoms with Crippen molar-refractivity contribution in [1.29, 1.82) is 0 Å². The number of aromatic nitrogens is 4. The summed E-state index contributed by atoms with van der Waals surface area (Å²) in [6.07, 6.45) is 0. The first-order valence-corrected chi connectivity index (χ1v) is 9.74. The zero-order valence-electron chi connectivity index (χ0n) is 13.9. The molecule has 0 fully saturated rings. The van der Waals surface area contributed by atoms with Gasteiger partial charge in [0.25, 0.3) is 0 Å². The van der Waals surface area contributed by atoms with Crippen molar-refractivity contribution < 1.29 is 4.42 Å². The quantitative estimate of drug-likeness (QED) is 0.474. The van der Waals surface area contributed by atoms with Crippen LogP contribution in [0.25, 0.3) is 11.5 Å². The molecule has 6 nitrogen and oxygen atoms in total. The Balaban J connectivity index is 1.38. The predicted molar refractivity (Wildman–Crippen MR) is 104 cm³/mol. The van der Waals surface area contributed by atoms with Crippen molar-refractivity contribution in [1.82, 2.24) is 20.4 Å². The van der Waals surface area contributed by atoms with Gasteiger partial charge in [0.05, 0.1) is 5.75 Å². The molecule has 4 rings (SSSR count). The van der Waals surface area contributed by atoms with E-state index in [9.17, 15) is 0 Å². The van der Waals surface area contributed by atoms with Crippen LogP contribution in [0.3, 0.4) is 0 Å². The lowest BCUT2D eigenvalue weighted by molar-refractivity contribution is 0.528. The third-order valence-electron chi connectivity index (χ3n) is 3.48. The molecule has 4 aromatic rings. The molecule has 26 heavy (non-hydrogen) atoms. The zero-order valence-corrected chi connectivity index (χ0v) is 15.5. The Bertz CT molecular complexity index is 1000. The fourth-order valence-corrected chi connectivity index (χ4v) is 3.90. The Morgan fingerprint density at radius 1 is 1.00 bits per heavy atom. The summed E-state index contributed by atoms with van der Waals surface area (Å²) in [4.78, 5) is 0. The lowest BCUT2D eigenvalue weighted by Gasteiger charge is -1.99. The number of thioether (sulfide) groups is 1. The van der Waals surface area contributed by atoms with Crippen molar-refractivity contribution in [3.8, 4) is 11.5 Å². The fraction of sp³-hybridized carbons (Fsp3) is 0.111. The molecule has 0 saturated carbocycles. The first kappa shape index (κ1) is 16.7. The minimum atomic E-state index is 0.535. The van der Waals surface area contributed by atoms with E-state index in [2.05, 4.69) is 25.7 Å². The van der Waals surface area contributed by atoms with Gasteiger partial charge in [-0.2, -0.15) is 0 Å². The monoisotopic (exact) mass is 381 g/mol. The highest BCUT2D eigenvalue weighted by atomic mass is 32.2. The van der Waals surface area contributed by atoms with Crippen LogP contribution < -0.4 is 5.32 Å². The van der Waals surface area contributed by atoms with Crippen molar-refractivity contribution in [2.24, 2.45) is 0 Å². The number of benzene rings is 2. The van der Waals surface area contributed by atoms with Gasteiger partial charge in [0.1, 0.15) is 0 Å². The molecule has 2 aromatic heterocycles. The standard InChI is InChI=1S/C18H15N5OS2/c1-12-6-5-7-13(10-12)16-21-20-15(24-16)11-25-18-23-22-17(26-18)19-14-8-3-2-4-9-14/h2-10H,11H2,1H3,(H,19,22). The van der Waals surface area contributed by atoms with Crippen molar-refractivity contribution in [2.75, 3.05) is 5.32 Å². The maximum Gasteiger partial charge on any atom is 0.247 e. The van der Waals surface area contributed by atoms with Gasteiger partial charge < -0.3 is 9.73 Å². The molecule has 0 amide bonds. The molecule has 8 heteroatoms. The van der Waals surface area contributed by atoms with Crippen molar-refractivity contribution in [3.05, 3.63) is 66.1 Å². The van der Waals surface area contributed by atoms with Crippen LogP contribution in [0.15, 0.2) is 63.4 Å². The summed E-state index contributed by atoms with van der Waals surface area (Å²) in [6, 6.07) is 17.9. The first-order chi connectivity index (χ1) is 12.8. The van der Waals surface area contributed by atoms with E-state index in [1.54, 1.807) is 0 Å². The van der Waals surface area contributed by atoms with Gasteiger partial charge in [0, 0.05) is 11.3 Å². The van der Waals surface area contributed by atoms with E-state index in [0.29, 0.717) is 17.5 Å². The van der Waals surface area contributed by atoms with Gasteiger partial charge in [-0.25, -0.2) is 0 Å². The molecular formula is C18H15N5OS2. The number of aryl methyl sites for hydroxylation is 1. The molecule has 0 spiro atoms.